The molecule has 0 aromatic heterocycles. The maximum absolute atomic E-state index is 10.5. The van der Waals surface area contributed by atoms with E-state index in [1.165, 1.54) is 24.3 Å². The normalized spacial score (nSPS) is 30.3. The molecule has 2 saturated carbocycles. The molecule has 26 heavy (non-hydrogen) atoms. The van der Waals surface area contributed by atoms with E-state index in [0.29, 0.717) is 11.8 Å². The number of hydrogen-bond donors (Lipinski definition) is 0. The summed E-state index contributed by atoms with van der Waals surface area (Å²) >= 11 is 0. The van der Waals surface area contributed by atoms with E-state index in [2.05, 4.69) is 20.0 Å². The molecule has 0 atom stereocenters. The van der Waals surface area contributed by atoms with Gasteiger partial charge in [-0.1, -0.05) is 0 Å². The van der Waals surface area contributed by atoms with Crippen molar-refractivity contribution in [3.05, 3.63) is 0 Å². The second-order valence-electron chi connectivity index (χ2n) is 7.06. The Morgan fingerprint density at radius 3 is 1.00 bits per heavy atom. The third-order valence-electron chi connectivity index (χ3n) is 5.88. The Morgan fingerprint density at radius 2 is 0.769 bits per heavy atom. The molecule has 0 aromatic rings. The first-order chi connectivity index (χ1) is 12.7. The van der Waals surface area contributed by atoms with Gasteiger partial charge in [0.05, 0.1) is 0 Å². The first-order valence-electron chi connectivity index (χ1n) is 9.01. The highest BCUT2D eigenvalue weighted by atomic mass is 16.1. The van der Waals surface area contributed by atoms with Crippen LogP contribution in [-0.4, -0.2) is 36.7 Å². The minimum Gasteiger partial charge on any atom is -0.211 e. The van der Waals surface area contributed by atoms with Gasteiger partial charge in [-0.15, -0.1) is 0 Å². The smallest absolute Gasteiger partial charge is 0.211 e. The second kappa shape index (κ2) is 10.5. The topological polar surface area (TPSA) is 118 Å². The van der Waals surface area contributed by atoms with Crippen LogP contribution in [0.5, 0.6) is 0 Å². The Labute approximate surface area is 151 Å². The van der Waals surface area contributed by atoms with Crippen molar-refractivity contribution in [3.63, 3.8) is 0 Å². The van der Waals surface area contributed by atoms with E-state index in [4.69, 9.17) is 0 Å². The van der Waals surface area contributed by atoms with Crippen LogP contribution < -0.4 is 0 Å². The summed E-state index contributed by atoms with van der Waals surface area (Å²) in [5.74, 6) is 1.38. The highest BCUT2D eigenvalue weighted by Gasteiger charge is 2.35. The fourth-order valence-corrected chi connectivity index (χ4v) is 4.52. The van der Waals surface area contributed by atoms with E-state index in [0.717, 1.165) is 51.4 Å². The monoisotopic (exact) mass is 358 g/mol. The number of carbonyl (C=O) groups excluding carboxylic acids is 4. The zero-order valence-electron chi connectivity index (χ0n) is 14.5. The molecule has 0 bridgehead atoms. The predicted octanol–water partition coefficient (Wildman–Crippen LogP) is 2.59. The molecule has 0 amide bonds. The van der Waals surface area contributed by atoms with E-state index >= 15 is 0 Å². The van der Waals surface area contributed by atoms with E-state index in [1.807, 2.05) is 0 Å². The lowest BCUT2D eigenvalue weighted by atomic mass is 9.68. The lowest BCUT2D eigenvalue weighted by Gasteiger charge is -2.38. The SMILES string of the molecule is O=C=NC(N=C=O)C1CCC(C2CCC(C(N=C=O)N=C=O)CC2)CC1. The summed E-state index contributed by atoms with van der Waals surface area (Å²) in [4.78, 5) is 56.4. The van der Waals surface area contributed by atoms with Gasteiger partial charge in [0.15, 0.2) is 12.3 Å². The van der Waals surface area contributed by atoms with Crippen LogP contribution in [0.4, 0.5) is 0 Å². The molecule has 0 heterocycles. The molecule has 138 valence electrons. The van der Waals surface area contributed by atoms with Crippen LogP contribution in [0.3, 0.4) is 0 Å². The second-order valence-corrected chi connectivity index (χ2v) is 7.06. The summed E-state index contributed by atoms with van der Waals surface area (Å²) in [6, 6.07) is 0. The van der Waals surface area contributed by atoms with Gasteiger partial charge in [0.2, 0.25) is 24.3 Å². The Hall–Kier alpha value is -2.48. The average Bonchev–Trinajstić information content (AvgIpc) is 2.68. The van der Waals surface area contributed by atoms with Crippen molar-refractivity contribution in [1.82, 2.24) is 0 Å². The number of nitrogens with zero attached hydrogens (tertiary/aromatic N) is 4. The third kappa shape index (κ3) is 5.26. The van der Waals surface area contributed by atoms with Crippen LogP contribution in [0.25, 0.3) is 0 Å². The third-order valence-corrected chi connectivity index (χ3v) is 5.88. The minimum atomic E-state index is -0.648. The van der Waals surface area contributed by atoms with Crippen LogP contribution in [0, 0.1) is 23.7 Å². The lowest BCUT2D eigenvalue weighted by Crippen LogP contribution is -2.30. The Kier molecular flexibility index (Phi) is 8.01. The van der Waals surface area contributed by atoms with Gasteiger partial charge in [0.1, 0.15) is 0 Å². The Bertz CT molecular complexity index is 561. The maximum Gasteiger partial charge on any atom is 0.237 e. The van der Waals surface area contributed by atoms with Crippen molar-refractivity contribution >= 4 is 24.3 Å². The van der Waals surface area contributed by atoms with Gasteiger partial charge in [-0.05, 0) is 63.2 Å². The molecule has 2 aliphatic carbocycles. The molecule has 0 aliphatic heterocycles. The summed E-state index contributed by atoms with van der Waals surface area (Å²) in [5, 5.41) is 0. The molecule has 2 aliphatic rings. The molecule has 8 nitrogen and oxygen atoms in total. The number of isocyanates is 4. The van der Waals surface area contributed by atoms with Crippen molar-refractivity contribution in [2.24, 2.45) is 43.6 Å². The molecule has 0 saturated heterocycles. The summed E-state index contributed by atoms with van der Waals surface area (Å²) in [7, 11) is 0. The fraction of sp³-hybridized carbons (Fsp3) is 0.778. The Morgan fingerprint density at radius 1 is 0.500 bits per heavy atom. The van der Waals surface area contributed by atoms with E-state index in [-0.39, 0.29) is 11.8 Å². The molecule has 2 rings (SSSR count). The number of hydrogen-bond acceptors (Lipinski definition) is 8. The maximum atomic E-state index is 10.5. The van der Waals surface area contributed by atoms with Gasteiger partial charge in [-0.2, -0.15) is 20.0 Å². The quantitative estimate of drug-likeness (QED) is 0.513. The van der Waals surface area contributed by atoms with Crippen LogP contribution in [0.2, 0.25) is 0 Å². The minimum absolute atomic E-state index is 0.0960. The molecule has 0 radical (unpaired) electrons. The zero-order chi connectivity index (χ0) is 18.8. The van der Waals surface area contributed by atoms with Crippen LogP contribution in [0.1, 0.15) is 51.4 Å². The van der Waals surface area contributed by atoms with Gasteiger partial charge >= 0.3 is 0 Å². The number of aliphatic imine (C=N–C) groups is 4. The molecule has 0 N–H and O–H groups in total. The summed E-state index contributed by atoms with van der Waals surface area (Å²) in [6.45, 7) is 0. The van der Waals surface area contributed by atoms with Crippen molar-refractivity contribution in [1.29, 1.82) is 0 Å². The van der Waals surface area contributed by atoms with Crippen LogP contribution in [0.15, 0.2) is 20.0 Å². The van der Waals surface area contributed by atoms with Crippen LogP contribution in [-0.2, 0) is 19.2 Å². The average molecular weight is 358 g/mol. The van der Waals surface area contributed by atoms with Crippen molar-refractivity contribution < 1.29 is 19.2 Å². The van der Waals surface area contributed by atoms with Crippen molar-refractivity contribution in [2.75, 3.05) is 0 Å². The van der Waals surface area contributed by atoms with Crippen molar-refractivity contribution in [2.45, 2.75) is 63.7 Å². The van der Waals surface area contributed by atoms with Gasteiger partial charge in [-0.25, -0.2) is 19.2 Å². The zero-order valence-corrected chi connectivity index (χ0v) is 14.5. The van der Waals surface area contributed by atoms with Gasteiger partial charge < -0.3 is 0 Å². The molecular weight excluding hydrogens is 336 g/mol. The largest absolute Gasteiger partial charge is 0.237 e. The van der Waals surface area contributed by atoms with E-state index < -0.39 is 12.3 Å². The molecule has 0 aromatic carbocycles. The molecule has 8 heteroatoms. The predicted molar refractivity (Wildman–Crippen MR) is 91.0 cm³/mol. The molecule has 0 unspecified atom stereocenters. The lowest BCUT2D eigenvalue weighted by molar-refractivity contribution is 0.133. The fourth-order valence-electron chi connectivity index (χ4n) is 4.52. The van der Waals surface area contributed by atoms with Crippen molar-refractivity contribution in [3.8, 4) is 0 Å². The standard InChI is InChI=1S/C18H22N4O4/c23-9-19-17(20-10-24)15-5-1-13(2-6-15)14-3-7-16(8-4-14)18(21-11-25)22-12-26/h13-18H,1-8H2. The van der Waals surface area contributed by atoms with E-state index in [9.17, 15) is 19.2 Å². The molecular formula is C18H22N4O4. The number of rotatable bonds is 7. The first kappa shape index (κ1) is 19.8. The summed E-state index contributed by atoms with van der Waals surface area (Å²) in [5.41, 5.74) is 0. The van der Waals surface area contributed by atoms with Gasteiger partial charge in [0.25, 0.3) is 0 Å². The Balaban J connectivity index is 1.86. The van der Waals surface area contributed by atoms with Gasteiger partial charge in [-0.3, -0.25) is 0 Å². The summed E-state index contributed by atoms with van der Waals surface area (Å²) in [6.07, 6.45) is 12.2. The van der Waals surface area contributed by atoms with Crippen LogP contribution >= 0.6 is 0 Å². The molecule has 2 fully saturated rings. The highest BCUT2D eigenvalue weighted by molar-refractivity contribution is 5.37. The van der Waals surface area contributed by atoms with E-state index in [1.54, 1.807) is 0 Å². The first-order valence-corrected chi connectivity index (χ1v) is 9.01. The van der Waals surface area contributed by atoms with Gasteiger partial charge in [0, 0.05) is 11.8 Å². The summed E-state index contributed by atoms with van der Waals surface area (Å²) < 4.78 is 0. The highest BCUT2D eigenvalue weighted by Crippen LogP contribution is 2.43. The molecule has 0 spiro atoms.